The standard InChI is InChI=1S/C54H44N4O2/c1-35-15-23-42(24-16-35)57(43-25-17-36(2)18-26-43)48-33-41(31-39-11-7-5-8-12-39)52(58(44-27-19-37(3)20-28-44)45-29-21-38(4)22-30-45)49(46(48)32-40-13-9-6-10-14-40)51-50-47(53(59)56-51)34-55-54(50)60/h5-30,33-34H,31-32H2,1-4H3. The Hall–Kier alpha value is -7.44. The van der Waals surface area contributed by atoms with Gasteiger partial charge >= 0.3 is 0 Å². The zero-order valence-corrected chi connectivity index (χ0v) is 34.2. The topological polar surface area (TPSA) is 66.4 Å². The summed E-state index contributed by atoms with van der Waals surface area (Å²) in [4.78, 5) is 41.4. The number of benzene rings is 7. The van der Waals surface area contributed by atoms with Crippen LogP contribution in [0.15, 0.2) is 180 Å². The highest BCUT2D eigenvalue weighted by atomic mass is 16.1. The Morgan fingerprint density at radius 2 is 0.917 bits per heavy atom. The summed E-state index contributed by atoms with van der Waals surface area (Å²) in [6, 6.07) is 57.3. The molecule has 0 aliphatic carbocycles. The third-order valence-electron chi connectivity index (χ3n) is 11.3. The van der Waals surface area contributed by atoms with E-state index in [4.69, 9.17) is 4.98 Å². The van der Waals surface area contributed by atoms with Crippen LogP contribution in [0.1, 0.15) is 44.5 Å². The van der Waals surface area contributed by atoms with Crippen LogP contribution in [-0.2, 0) is 12.8 Å². The first-order valence-corrected chi connectivity index (χ1v) is 20.3. The summed E-state index contributed by atoms with van der Waals surface area (Å²) in [5.41, 5.74) is 14.3. The molecule has 0 atom stereocenters. The number of nitrogens with zero attached hydrogens (tertiary/aromatic N) is 4. The molecule has 0 saturated carbocycles. The van der Waals surface area contributed by atoms with Gasteiger partial charge in [0, 0.05) is 40.9 Å². The zero-order chi connectivity index (χ0) is 41.3. The maximum Gasteiger partial charge on any atom is 0.280 e. The van der Waals surface area contributed by atoms with E-state index in [1.165, 1.54) is 6.20 Å². The fraction of sp³-hybridized carbons (Fsp3) is 0.111. The van der Waals surface area contributed by atoms with E-state index in [0.29, 0.717) is 24.1 Å². The van der Waals surface area contributed by atoms with E-state index < -0.39 is 11.1 Å². The van der Waals surface area contributed by atoms with Crippen LogP contribution < -0.4 is 20.9 Å². The summed E-state index contributed by atoms with van der Waals surface area (Å²) in [5.74, 6) is 0. The van der Waals surface area contributed by atoms with E-state index in [9.17, 15) is 9.59 Å². The second-order valence-electron chi connectivity index (χ2n) is 15.7. The first-order chi connectivity index (χ1) is 29.2. The highest BCUT2D eigenvalue weighted by Crippen LogP contribution is 2.51. The second kappa shape index (κ2) is 16.1. The molecule has 60 heavy (non-hydrogen) atoms. The van der Waals surface area contributed by atoms with Gasteiger partial charge in [-0.15, -0.1) is 0 Å². The molecule has 9 rings (SSSR count). The second-order valence-corrected chi connectivity index (χ2v) is 15.7. The number of aromatic nitrogens is 2. The van der Waals surface area contributed by atoms with Crippen LogP contribution in [-0.4, -0.2) is 9.97 Å². The fourth-order valence-corrected chi connectivity index (χ4v) is 8.16. The molecule has 2 heterocycles. The molecular weight excluding hydrogens is 737 g/mol. The summed E-state index contributed by atoms with van der Waals surface area (Å²) >= 11 is 0. The number of anilines is 6. The van der Waals surface area contributed by atoms with Gasteiger partial charge in [-0.25, -0.2) is 9.97 Å². The van der Waals surface area contributed by atoms with E-state index in [0.717, 1.165) is 78.6 Å². The lowest BCUT2D eigenvalue weighted by atomic mass is 9.87. The zero-order valence-electron chi connectivity index (χ0n) is 34.2. The Kier molecular flexibility index (Phi) is 10.2. The van der Waals surface area contributed by atoms with Gasteiger partial charge in [0.1, 0.15) is 0 Å². The lowest BCUT2D eigenvalue weighted by Crippen LogP contribution is -2.19. The Morgan fingerprint density at radius 3 is 1.38 bits per heavy atom. The molecule has 0 unspecified atom stereocenters. The summed E-state index contributed by atoms with van der Waals surface area (Å²) in [7, 11) is 0. The third kappa shape index (κ3) is 7.40. The van der Waals surface area contributed by atoms with Crippen molar-refractivity contribution in [2.45, 2.75) is 40.5 Å². The summed E-state index contributed by atoms with van der Waals surface area (Å²) < 4.78 is 0. The molecule has 6 nitrogen and oxygen atoms in total. The van der Waals surface area contributed by atoms with Gasteiger partial charge in [-0.05, 0) is 111 Å². The van der Waals surface area contributed by atoms with Gasteiger partial charge < -0.3 is 9.80 Å². The molecule has 0 spiro atoms. The number of hydrogen-bond acceptors (Lipinski definition) is 6. The van der Waals surface area contributed by atoms with Crippen molar-refractivity contribution in [2.75, 3.05) is 9.80 Å². The lowest BCUT2D eigenvalue weighted by molar-refractivity contribution is 1.10. The third-order valence-corrected chi connectivity index (χ3v) is 11.3. The van der Waals surface area contributed by atoms with E-state index in [-0.39, 0.29) is 10.4 Å². The molecule has 2 aliphatic rings. The minimum atomic E-state index is -0.465. The van der Waals surface area contributed by atoms with Gasteiger partial charge in [0.2, 0.25) is 0 Å². The van der Waals surface area contributed by atoms with Crippen molar-refractivity contribution in [3.8, 4) is 11.3 Å². The van der Waals surface area contributed by atoms with Crippen LogP contribution >= 0.6 is 0 Å². The largest absolute Gasteiger partial charge is 0.310 e. The summed E-state index contributed by atoms with van der Waals surface area (Å²) in [5, 5.41) is 0.469. The first-order valence-electron chi connectivity index (χ1n) is 20.3. The minimum absolute atomic E-state index is 0.229. The van der Waals surface area contributed by atoms with Crippen LogP contribution in [0.3, 0.4) is 0 Å². The van der Waals surface area contributed by atoms with E-state index in [1.54, 1.807) is 0 Å². The molecule has 0 amide bonds. The van der Waals surface area contributed by atoms with Gasteiger partial charge in [-0.1, -0.05) is 131 Å². The molecular formula is C54H44N4O2. The molecule has 0 radical (unpaired) electrons. The fourth-order valence-electron chi connectivity index (χ4n) is 8.16. The van der Waals surface area contributed by atoms with Crippen molar-refractivity contribution in [2.24, 2.45) is 0 Å². The Bertz CT molecular complexity index is 2990. The van der Waals surface area contributed by atoms with Crippen LogP contribution in [0.5, 0.6) is 0 Å². The average molecular weight is 781 g/mol. The highest BCUT2D eigenvalue weighted by Gasteiger charge is 2.31. The molecule has 0 saturated heterocycles. The summed E-state index contributed by atoms with van der Waals surface area (Å²) in [6.07, 6.45) is 2.40. The Morgan fingerprint density at radius 1 is 0.483 bits per heavy atom. The lowest BCUT2D eigenvalue weighted by Gasteiger charge is -2.35. The normalized spacial score (nSPS) is 11.3. The van der Waals surface area contributed by atoms with E-state index in [2.05, 4.69) is 182 Å². The van der Waals surface area contributed by atoms with Crippen molar-refractivity contribution in [3.05, 3.63) is 246 Å². The van der Waals surface area contributed by atoms with Crippen molar-refractivity contribution >= 4 is 34.1 Å². The van der Waals surface area contributed by atoms with Crippen molar-refractivity contribution in [1.29, 1.82) is 0 Å². The highest BCUT2D eigenvalue weighted by molar-refractivity contribution is 5.96. The number of aryl methyl sites for hydroxylation is 4. The van der Waals surface area contributed by atoms with Crippen LogP contribution in [0.2, 0.25) is 0 Å². The Balaban J connectivity index is 1.51. The maximum atomic E-state index is 13.9. The van der Waals surface area contributed by atoms with Gasteiger partial charge in [0.05, 0.1) is 27.5 Å². The molecule has 7 aromatic carbocycles. The van der Waals surface area contributed by atoms with Gasteiger partial charge in [-0.2, -0.15) is 0 Å². The van der Waals surface area contributed by atoms with Crippen molar-refractivity contribution in [3.63, 3.8) is 0 Å². The van der Waals surface area contributed by atoms with Gasteiger partial charge in [-0.3, -0.25) is 9.59 Å². The van der Waals surface area contributed by atoms with Crippen molar-refractivity contribution in [1.82, 2.24) is 9.97 Å². The predicted octanol–water partition coefficient (Wildman–Crippen LogP) is 11.8. The molecule has 0 N–H and O–H groups in total. The molecule has 292 valence electrons. The molecule has 0 aromatic heterocycles. The van der Waals surface area contributed by atoms with Crippen LogP contribution in [0.4, 0.5) is 34.1 Å². The predicted molar refractivity (Wildman–Crippen MR) is 244 cm³/mol. The monoisotopic (exact) mass is 780 g/mol. The van der Waals surface area contributed by atoms with Crippen LogP contribution in [0, 0.1) is 38.1 Å². The maximum absolute atomic E-state index is 13.9. The minimum Gasteiger partial charge on any atom is -0.310 e. The van der Waals surface area contributed by atoms with E-state index in [1.807, 2.05) is 24.3 Å². The van der Waals surface area contributed by atoms with Gasteiger partial charge in [0.15, 0.2) is 0 Å². The molecule has 2 aliphatic heterocycles. The SMILES string of the molecule is Cc1ccc(N(c2ccc(C)cc2)c2cc(Cc3ccccc3)c(N(c3ccc(C)cc3)c3ccc(C)cc3)c(-c3nc(=O)c4cnc(=O)c3=4)c2Cc2ccccc2)cc1. The molecule has 0 bridgehead atoms. The summed E-state index contributed by atoms with van der Waals surface area (Å²) in [6.45, 7) is 8.36. The molecule has 7 aromatic rings. The van der Waals surface area contributed by atoms with Crippen molar-refractivity contribution < 1.29 is 0 Å². The number of rotatable bonds is 11. The first kappa shape index (κ1) is 38.1. The van der Waals surface area contributed by atoms with E-state index >= 15 is 0 Å². The smallest absolute Gasteiger partial charge is 0.280 e. The van der Waals surface area contributed by atoms with Crippen LogP contribution in [0.25, 0.3) is 11.3 Å². The Labute approximate surface area is 350 Å². The molecule has 6 heteroatoms. The average Bonchev–Trinajstić information content (AvgIpc) is 3.81. The quantitative estimate of drug-likeness (QED) is 0.130. The molecule has 0 fully saturated rings. The van der Waals surface area contributed by atoms with Gasteiger partial charge in [0.25, 0.3) is 11.1 Å². The number of hydrogen-bond donors (Lipinski definition) is 0.